The Morgan fingerprint density at radius 1 is 1.29 bits per heavy atom. The van der Waals surface area contributed by atoms with Crippen LogP contribution >= 0.6 is 0 Å². The monoisotopic (exact) mass is 294 g/mol. The minimum atomic E-state index is -0.320. The molecular weight excluding hydrogens is 260 g/mol. The molecular formula is C17H34N4. The Balaban J connectivity index is 2.50. The zero-order valence-corrected chi connectivity index (χ0v) is 14.5. The second kappa shape index (κ2) is 9.40. The molecule has 21 heavy (non-hydrogen) atoms. The highest BCUT2D eigenvalue weighted by molar-refractivity contribution is 5.06. The number of rotatable bonds is 8. The maximum absolute atomic E-state index is 9.49. The van der Waals surface area contributed by atoms with Crippen molar-refractivity contribution in [3.05, 3.63) is 0 Å². The van der Waals surface area contributed by atoms with Gasteiger partial charge < -0.3 is 4.90 Å². The number of hydrogen-bond acceptors (Lipinski definition) is 4. The highest BCUT2D eigenvalue weighted by Crippen LogP contribution is 2.19. The summed E-state index contributed by atoms with van der Waals surface area (Å²) in [5, 5.41) is 12.9. The van der Waals surface area contributed by atoms with Gasteiger partial charge in [-0.3, -0.25) is 10.2 Å². The summed E-state index contributed by atoms with van der Waals surface area (Å²) >= 11 is 0. The van der Waals surface area contributed by atoms with Crippen LogP contribution in [0.4, 0.5) is 0 Å². The smallest absolute Gasteiger partial charge is 0.106 e. The van der Waals surface area contributed by atoms with Crippen LogP contribution in [0.5, 0.6) is 0 Å². The van der Waals surface area contributed by atoms with Gasteiger partial charge >= 0.3 is 0 Å². The molecule has 0 aliphatic carbocycles. The topological polar surface area (TPSA) is 42.3 Å². The molecule has 122 valence electrons. The number of hydrogen-bond donors (Lipinski definition) is 1. The predicted molar refractivity (Wildman–Crippen MR) is 89.3 cm³/mol. The molecule has 0 bridgehead atoms. The molecule has 0 spiro atoms. The molecule has 4 nitrogen and oxygen atoms in total. The van der Waals surface area contributed by atoms with Crippen molar-refractivity contribution in [3.8, 4) is 6.07 Å². The Bertz CT molecular complexity index is 325. The van der Waals surface area contributed by atoms with Crippen LogP contribution in [0.15, 0.2) is 0 Å². The third-order valence-electron chi connectivity index (χ3n) is 4.88. The van der Waals surface area contributed by atoms with E-state index >= 15 is 0 Å². The van der Waals surface area contributed by atoms with Gasteiger partial charge in [0.05, 0.1) is 6.07 Å². The molecule has 1 saturated heterocycles. The van der Waals surface area contributed by atoms with Crippen LogP contribution in [-0.4, -0.2) is 61.2 Å². The summed E-state index contributed by atoms with van der Waals surface area (Å²) in [4.78, 5) is 5.10. The van der Waals surface area contributed by atoms with Crippen molar-refractivity contribution >= 4 is 0 Å². The molecule has 4 heteroatoms. The second-order valence-electron chi connectivity index (χ2n) is 6.40. The first-order chi connectivity index (χ1) is 10.1. The van der Waals surface area contributed by atoms with Crippen molar-refractivity contribution in [2.45, 2.75) is 64.5 Å². The maximum atomic E-state index is 9.49. The van der Waals surface area contributed by atoms with Gasteiger partial charge in [-0.2, -0.15) is 5.26 Å². The summed E-state index contributed by atoms with van der Waals surface area (Å²) in [5.74, 6) is 0. The lowest BCUT2D eigenvalue weighted by atomic mass is 9.91. The van der Waals surface area contributed by atoms with Crippen molar-refractivity contribution in [3.63, 3.8) is 0 Å². The first kappa shape index (κ1) is 18.4. The third-order valence-corrected chi connectivity index (χ3v) is 4.88. The lowest BCUT2D eigenvalue weighted by Gasteiger charge is -2.32. The Morgan fingerprint density at radius 3 is 2.62 bits per heavy atom. The first-order valence-electron chi connectivity index (χ1n) is 8.69. The van der Waals surface area contributed by atoms with E-state index in [9.17, 15) is 5.26 Å². The molecule has 1 aliphatic rings. The van der Waals surface area contributed by atoms with E-state index in [0.717, 1.165) is 32.4 Å². The molecule has 0 radical (unpaired) electrons. The largest absolute Gasteiger partial charge is 0.305 e. The Morgan fingerprint density at radius 2 is 2.05 bits per heavy atom. The predicted octanol–water partition coefficient (Wildman–Crippen LogP) is 2.46. The number of nitrogens with one attached hydrogen (secondary N) is 1. The van der Waals surface area contributed by atoms with Crippen LogP contribution in [0, 0.1) is 11.3 Å². The minimum absolute atomic E-state index is 0.320. The molecule has 0 aromatic heterocycles. The first-order valence-corrected chi connectivity index (χ1v) is 8.69. The fourth-order valence-corrected chi connectivity index (χ4v) is 3.46. The van der Waals surface area contributed by atoms with Gasteiger partial charge in [0.1, 0.15) is 5.54 Å². The van der Waals surface area contributed by atoms with Crippen LogP contribution in [-0.2, 0) is 0 Å². The minimum Gasteiger partial charge on any atom is -0.305 e. The third kappa shape index (κ3) is 5.58. The lowest BCUT2D eigenvalue weighted by molar-refractivity contribution is 0.175. The van der Waals surface area contributed by atoms with E-state index in [4.69, 9.17) is 0 Å². The summed E-state index contributed by atoms with van der Waals surface area (Å²) in [6, 6.07) is 3.19. The number of nitrogens with zero attached hydrogens (tertiary/aromatic N) is 3. The van der Waals surface area contributed by atoms with E-state index in [1.54, 1.807) is 0 Å². The molecule has 1 rings (SSSR count). The van der Waals surface area contributed by atoms with Gasteiger partial charge in [-0.05, 0) is 65.3 Å². The van der Waals surface area contributed by atoms with Crippen LogP contribution in [0.2, 0.25) is 0 Å². The SMILES string of the molecule is CCNC(C#N)(CC)CCCN1CCCN(C)CC1CC. The molecule has 1 aliphatic heterocycles. The van der Waals surface area contributed by atoms with Crippen LogP contribution < -0.4 is 5.32 Å². The molecule has 1 fully saturated rings. The van der Waals surface area contributed by atoms with Crippen molar-refractivity contribution in [2.75, 3.05) is 39.8 Å². The summed E-state index contributed by atoms with van der Waals surface area (Å²) < 4.78 is 0. The summed E-state index contributed by atoms with van der Waals surface area (Å²) in [6.45, 7) is 12.1. The zero-order valence-electron chi connectivity index (χ0n) is 14.5. The van der Waals surface area contributed by atoms with Gasteiger partial charge in [0, 0.05) is 12.6 Å². The van der Waals surface area contributed by atoms with Crippen LogP contribution in [0.1, 0.15) is 52.9 Å². The molecule has 0 saturated carbocycles. The van der Waals surface area contributed by atoms with E-state index < -0.39 is 0 Å². The van der Waals surface area contributed by atoms with Crippen molar-refractivity contribution in [1.82, 2.24) is 15.1 Å². The van der Waals surface area contributed by atoms with Gasteiger partial charge in [0.25, 0.3) is 0 Å². The number of likely N-dealkylation sites (N-methyl/N-ethyl adjacent to an activating group) is 1. The zero-order chi connectivity index (χ0) is 15.7. The van der Waals surface area contributed by atoms with Crippen LogP contribution in [0.3, 0.4) is 0 Å². The molecule has 0 aromatic carbocycles. The highest BCUT2D eigenvalue weighted by Gasteiger charge is 2.27. The fourth-order valence-electron chi connectivity index (χ4n) is 3.46. The average molecular weight is 294 g/mol. The Hall–Kier alpha value is -0.630. The molecule has 2 unspecified atom stereocenters. The summed E-state index contributed by atoms with van der Waals surface area (Å²) in [6.07, 6.45) is 5.43. The van der Waals surface area contributed by atoms with Gasteiger partial charge in [0.2, 0.25) is 0 Å². The Labute approximate surface area is 131 Å². The summed E-state index contributed by atoms with van der Waals surface area (Å²) in [7, 11) is 2.23. The van der Waals surface area contributed by atoms with Crippen molar-refractivity contribution < 1.29 is 0 Å². The highest BCUT2D eigenvalue weighted by atomic mass is 15.2. The average Bonchev–Trinajstić information content (AvgIpc) is 2.67. The van der Waals surface area contributed by atoms with E-state index in [1.165, 1.54) is 32.5 Å². The molecule has 1 N–H and O–H groups in total. The second-order valence-corrected chi connectivity index (χ2v) is 6.40. The van der Waals surface area contributed by atoms with Gasteiger partial charge in [-0.15, -0.1) is 0 Å². The van der Waals surface area contributed by atoms with E-state index in [0.29, 0.717) is 6.04 Å². The quantitative estimate of drug-likeness (QED) is 0.747. The van der Waals surface area contributed by atoms with Crippen LogP contribution in [0.25, 0.3) is 0 Å². The van der Waals surface area contributed by atoms with E-state index in [2.05, 4.69) is 49.0 Å². The summed E-state index contributed by atoms with van der Waals surface area (Å²) in [5.41, 5.74) is -0.320. The fraction of sp³-hybridized carbons (Fsp3) is 0.941. The number of nitriles is 1. The molecule has 0 amide bonds. The van der Waals surface area contributed by atoms with Crippen molar-refractivity contribution in [2.24, 2.45) is 0 Å². The van der Waals surface area contributed by atoms with Gasteiger partial charge in [-0.1, -0.05) is 20.8 Å². The van der Waals surface area contributed by atoms with Crippen molar-refractivity contribution in [1.29, 1.82) is 5.26 Å². The van der Waals surface area contributed by atoms with Gasteiger partial charge in [-0.25, -0.2) is 0 Å². The Kier molecular flexibility index (Phi) is 8.24. The normalized spacial score (nSPS) is 24.2. The van der Waals surface area contributed by atoms with E-state index in [1.807, 2.05) is 0 Å². The maximum Gasteiger partial charge on any atom is 0.106 e. The molecule has 2 atom stereocenters. The van der Waals surface area contributed by atoms with E-state index in [-0.39, 0.29) is 5.54 Å². The molecule has 0 aromatic rings. The van der Waals surface area contributed by atoms with Gasteiger partial charge in [0.15, 0.2) is 0 Å². The standard InChI is InChI=1S/C17H34N4/c1-5-16-14-20(4)11-9-13-21(16)12-8-10-17(6-2,15-18)19-7-3/h16,19H,5-14H2,1-4H3. The lowest BCUT2D eigenvalue weighted by Crippen LogP contribution is -2.45. The molecule has 1 heterocycles.